The predicted molar refractivity (Wildman–Crippen MR) is 75.5 cm³/mol. The Morgan fingerprint density at radius 3 is 1.67 bits per heavy atom. The van der Waals surface area contributed by atoms with Crippen LogP contribution in [0.2, 0.25) is 0 Å². The molecule has 0 bridgehead atoms. The van der Waals surface area contributed by atoms with Gasteiger partial charge in [-0.05, 0) is 43.5 Å². The number of hydrogen-bond donors (Lipinski definition) is 1. The number of nitrogens with zero attached hydrogens (tertiary/aromatic N) is 2. The van der Waals surface area contributed by atoms with E-state index in [4.69, 9.17) is 0 Å². The highest BCUT2D eigenvalue weighted by Crippen LogP contribution is 2.19. The Hall–Kier alpha value is 0.620. The fourth-order valence-corrected chi connectivity index (χ4v) is 2.53. The van der Waals surface area contributed by atoms with E-state index in [2.05, 4.69) is 41.6 Å². The smallest absolute Gasteiger partial charge is 0.00971 e. The van der Waals surface area contributed by atoms with E-state index in [1.165, 1.54) is 52.0 Å². The van der Waals surface area contributed by atoms with Crippen LogP contribution in [-0.4, -0.2) is 41.9 Å². The highest BCUT2D eigenvalue weighted by Gasteiger charge is 2.07. The molecule has 0 radical (unpaired) electrons. The molecule has 0 amide bonds. The lowest BCUT2D eigenvalue weighted by molar-refractivity contribution is 0.321. The first-order valence-corrected chi connectivity index (χ1v) is 7.89. The van der Waals surface area contributed by atoms with Crippen molar-refractivity contribution in [2.75, 3.05) is 32.7 Å². The molecule has 1 rings (SSSR count). The van der Waals surface area contributed by atoms with Crippen molar-refractivity contribution in [3.05, 3.63) is 0 Å². The molecule has 1 aliphatic heterocycles. The van der Waals surface area contributed by atoms with Crippen LogP contribution in [0, 0.1) is 0 Å². The first kappa shape index (κ1) is 15.6. The van der Waals surface area contributed by atoms with Crippen LogP contribution in [-0.2, 0) is 0 Å². The fraction of sp³-hybridized carbons (Fsp3) is 1.00. The molecule has 15 heavy (non-hydrogen) atoms. The Morgan fingerprint density at radius 2 is 1.47 bits per heavy atom. The van der Waals surface area contributed by atoms with Gasteiger partial charge >= 0.3 is 0 Å². The largest absolute Gasteiger partial charge is 0.304 e. The zero-order chi connectivity index (χ0) is 11.5. The zero-order valence-corrected chi connectivity index (χ0v) is 12.1. The molecule has 92 valence electrons. The van der Waals surface area contributed by atoms with Gasteiger partial charge in [-0.15, -0.1) is 0 Å². The average Bonchev–Trinajstić information content (AvgIpc) is 2.33. The summed E-state index contributed by atoms with van der Waals surface area (Å²) in [7, 11) is 1.57. The Kier molecular flexibility index (Phi) is 11.6. The zero-order valence-electron chi connectivity index (χ0n) is 10.4. The second kappa shape index (κ2) is 11.1. The van der Waals surface area contributed by atoms with Gasteiger partial charge in [0.05, 0.1) is 0 Å². The molecule has 0 spiro atoms. The molecule has 4 heteroatoms. The molecule has 0 aromatic heterocycles. The minimum absolute atomic E-state index is 1.19. The molecular formula is C11H26N2S2. The van der Waals surface area contributed by atoms with E-state index in [1.807, 2.05) is 0 Å². The topological polar surface area (TPSA) is 6.48 Å². The van der Waals surface area contributed by atoms with Crippen LogP contribution in [0.5, 0.6) is 0 Å². The Bertz CT molecular complexity index is 118. The summed E-state index contributed by atoms with van der Waals surface area (Å²) < 4.78 is 2.30. The van der Waals surface area contributed by atoms with Crippen molar-refractivity contribution in [2.45, 2.75) is 40.0 Å². The standard InChI is InChI=1S/C6H15N.C5H11NS2/c1-4-7(5-2)6-3;7-8-6-4-2-1-3-5-6/h4-6H2,1-3H3;7H,1-5H2. The molecule has 0 saturated carbocycles. The van der Waals surface area contributed by atoms with Crippen LogP contribution in [0.4, 0.5) is 0 Å². The maximum atomic E-state index is 4.11. The molecule has 1 saturated heterocycles. The van der Waals surface area contributed by atoms with Crippen LogP contribution in [0.25, 0.3) is 0 Å². The van der Waals surface area contributed by atoms with Crippen LogP contribution < -0.4 is 0 Å². The number of rotatable bonds is 4. The molecule has 0 aliphatic carbocycles. The van der Waals surface area contributed by atoms with Crippen LogP contribution in [0.1, 0.15) is 40.0 Å². The van der Waals surface area contributed by atoms with Crippen LogP contribution in [0.3, 0.4) is 0 Å². The lowest BCUT2D eigenvalue weighted by atomic mass is 10.2. The minimum Gasteiger partial charge on any atom is -0.304 e. The molecule has 1 aliphatic rings. The van der Waals surface area contributed by atoms with E-state index in [-0.39, 0.29) is 0 Å². The molecule has 0 atom stereocenters. The normalized spacial score (nSPS) is 17.4. The predicted octanol–water partition coefficient (Wildman–Crippen LogP) is 3.31. The van der Waals surface area contributed by atoms with E-state index in [0.29, 0.717) is 0 Å². The van der Waals surface area contributed by atoms with E-state index >= 15 is 0 Å². The van der Waals surface area contributed by atoms with E-state index in [0.717, 1.165) is 0 Å². The second-order valence-corrected chi connectivity index (χ2v) is 4.86. The van der Waals surface area contributed by atoms with Crippen molar-refractivity contribution < 1.29 is 0 Å². The summed E-state index contributed by atoms with van der Waals surface area (Å²) >= 11 is 4.11. The van der Waals surface area contributed by atoms with Crippen molar-refractivity contribution in [1.29, 1.82) is 0 Å². The van der Waals surface area contributed by atoms with Gasteiger partial charge < -0.3 is 4.90 Å². The van der Waals surface area contributed by atoms with Crippen molar-refractivity contribution in [3.63, 3.8) is 0 Å². The third-order valence-corrected chi connectivity index (χ3v) is 4.06. The Labute approximate surface area is 105 Å². The highest BCUT2D eigenvalue weighted by atomic mass is 33.1. The molecule has 2 nitrogen and oxygen atoms in total. The fourth-order valence-electron chi connectivity index (χ4n) is 1.62. The third-order valence-electron chi connectivity index (χ3n) is 2.77. The summed E-state index contributed by atoms with van der Waals surface area (Å²) in [5, 5.41) is 0. The number of piperidine rings is 1. The summed E-state index contributed by atoms with van der Waals surface area (Å²) in [4.78, 5) is 2.38. The lowest BCUT2D eigenvalue weighted by Crippen LogP contribution is -2.21. The first-order chi connectivity index (χ1) is 7.28. The maximum absolute atomic E-state index is 4.11. The molecule has 1 fully saturated rings. The molecule has 0 unspecified atom stereocenters. The minimum atomic E-state index is 1.19. The average molecular weight is 250 g/mol. The summed E-state index contributed by atoms with van der Waals surface area (Å²) in [6.07, 6.45) is 4.12. The van der Waals surface area contributed by atoms with E-state index < -0.39 is 0 Å². The molecule has 0 N–H and O–H groups in total. The van der Waals surface area contributed by atoms with Gasteiger partial charge in [0.15, 0.2) is 0 Å². The van der Waals surface area contributed by atoms with Gasteiger partial charge in [0, 0.05) is 13.1 Å². The molecular weight excluding hydrogens is 224 g/mol. The number of hydrogen-bond acceptors (Lipinski definition) is 4. The van der Waals surface area contributed by atoms with Crippen LogP contribution >= 0.6 is 22.6 Å². The van der Waals surface area contributed by atoms with Gasteiger partial charge in [-0.3, -0.25) is 0 Å². The van der Waals surface area contributed by atoms with Gasteiger partial charge in [-0.1, -0.05) is 38.9 Å². The quantitative estimate of drug-likeness (QED) is 0.465. The molecule has 0 aromatic carbocycles. The Morgan fingerprint density at radius 1 is 1.00 bits per heavy atom. The Balaban J connectivity index is 0.000000265. The second-order valence-electron chi connectivity index (χ2n) is 3.69. The highest BCUT2D eigenvalue weighted by molar-refractivity contribution is 8.67. The molecule has 1 heterocycles. The summed E-state index contributed by atoms with van der Waals surface area (Å²) in [6.45, 7) is 12.6. The summed E-state index contributed by atoms with van der Waals surface area (Å²) in [6, 6.07) is 0. The van der Waals surface area contributed by atoms with E-state index in [9.17, 15) is 0 Å². The van der Waals surface area contributed by atoms with Crippen molar-refractivity contribution in [1.82, 2.24) is 9.21 Å². The third kappa shape index (κ3) is 8.43. The molecule has 0 aromatic rings. The van der Waals surface area contributed by atoms with Gasteiger partial charge in [0.25, 0.3) is 0 Å². The maximum Gasteiger partial charge on any atom is 0.00971 e. The van der Waals surface area contributed by atoms with Crippen molar-refractivity contribution >= 4 is 22.6 Å². The van der Waals surface area contributed by atoms with Crippen LogP contribution in [0.15, 0.2) is 0 Å². The van der Waals surface area contributed by atoms with Gasteiger partial charge in [0.2, 0.25) is 0 Å². The monoisotopic (exact) mass is 250 g/mol. The van der Waals surface area contributed by atoms with Gasteiger partial charge in [-0.25, -0.2) is 4.31 Å². The van der Waals surface area contributed by atoms with Gasteiger partial charge in [-0.2, -0.15) is 0 Å². The summed E-state index contributed by atoms with van der Waals surface area (Å²) in [5.74, 6) is 0. The van der Waals surface area contributed by atoms with E-state index in [1.54, 1.807) is 11.0 Å². The SMILES string of the molecule is CCN(CC)CC.SSN1CCCCC1. The van der Waals surface area contributed by atoms with Crippen molar-refractivity contribution in [3.8, 4) is 0 Å². The summed E-state index contributed by atoms with van der Waals surface area (Å²) in [5.41, 5.74) is 0. The van der Waals surface area contributed by atoms with Gasteiger partial charge in [0.1, 0.15) is 0 Å². The lowest BCUT2D eigenvalue weighted by Gasteiger charge is -2.22. The number of thiol groups is 1. The first-order valence-electron chi connectivity index (χ1n) is 6.07. The van der Waals surface area contributed by atoms with Crippen molar-refractivity contribution in [2.24, 2.45) is 0 Å².